The highest BCUT2D eigenvalue weighted by Gasteiger charge is 2.39. The van der Waals surface area contributed by atoms with E-state index < -0.39 is 29.7 Å². The summed E-state index contributed by atoms with van der Waals surface area (Å²) in [6, 6.07) is 9.17. The third kappa shape index (κ3) is 6.31. The molecule has 7 nitrogen and oxygen atoms in total. The van der Waals surface area contributed by atoms with Crippen LogP contribution in [0, 0.1) is 11.8 Å². The van der Waals surface area contributed by atoms with Gasteiger partial charge in [-0.3, -0.25) is 19.2 Å². The highest BCUT2D eigenvalue weighted by atomic mass is 16.5. The van der Waals surface area contributed by atoms with Crippen molar-refractivity contribution in [2.45, 2.75) is 38.5 Å². The fourth-order valence-electron chi connectivity index (χ4n) is 2.75. The van der Waals surface area contributed by atoms with Gasteiger partial charge in [0.1, 0.15) is 5.78 Å². The maximum atomic E-state index is 11.6. The molecule has 0 saturated heterocycles. The van der Waals surface area contributed by atoms with Crippen LogP contribution in [0.25, 0.3) is 0 Å². The van der Waals surface area contributed by atoms with Gasteiger partial charge >= 0.3 is 17.9 Å². The van der Waals surface area contributed by atoms with E-state index in [1.807, 2.05) is 30.3 Å². The molecular weight excluding hydrogens is 340 g/mol. The van der Waals surface area contributed by atoms with Crippen LogP contribution in [-0.2, 0) is 23.9 Å². The molecular formula is C19H24O7. The van der Waals surface area contributed by atoms with Crippen LogP contribution < -0.4 is 0 Å². The molecule has 26 heavy (non-hydrogen) atoms. The van der Waals surface area contributed by atoms with Gasteiger partial charge in [-0.15, -0.1) is 0 Å². The predicted octanol–water partition coefficient (Wildman–Crippen LogP) is 2.49. The number of benzene rings is 1. The summed E-state index contributed by atoms with van der Waals surface area (Å²) in [4.78, 5) is 43.4. The number of methoxy groups -OCH3 is 1. The average Bonchev–Trinajstić information content (AvgIpc) is 3.02. The molecule has 0 amide bonds. The molecule has 0 heterocycles. The van der Waals surface area contributed by atoms with Gasteiger partial charge in [-0.1, -0.05) is 37.3 Å². The third-order valence-electron chi connectivity index (χ3n) is 4.36. The molecule has 142 valence electrons. The molecule has 1 aromatic carbocycles. The van der Waals surface area contributed by atoms with Crippen LogP contribution in [0.15, 0.2) is 30.3 Å². The first-order valence-electron chi connectivity index (χ1n) is 8.38. The average molecular weight is 364 g/mol. The van der Waals surface area contributed by atoms with Crippen LogP contribution in [0.2, 0.25) is 0 Å². The number of hydrogen-bond acceptors (Lipinski definition) is 5. The second kappa shape index (κ2) is 10.3. The van der Waals surface area contributed by atoms with Crippen LogP contribution in [0.4, 0.5) is 0 Å². The number of rotatable bonds is 6. The van der Waals surface area contributed by atoms with Gasteiger partial charge < -0.3 is 14.9 Å². The highest BCUT2D eigenvalue weighted by molar-refractivity contribution is 5.93. The quantitative estimate of drug-likeness (QED) is 0.745. The molecule has 2 rings (SSSR count). The van der Waals surface area contributed by atoms with Crippen LogP contribution in [-0.4, -0.2) is 41.0 Å². The maximum absolute atomic E-state index is 11.6. The van der Waals surface area contributed by atoms with Crippen LogP contribution >= 0.6 is 0 Å². The van der Waals surface area contributed by atoms with Gasteiger partial charge in [0.25, 0.3) is 0 Å². The zero-order valence-corrected chi connectivity index (χ0v) is 14.9. The van der Waals surface area contributed by atoms with Gasteiger partial charge in [0, 0.05) is 12.8 Å². The van der Waals surface area contributed by atoms with E-state index in [0.717, 1.165) is 5.56 Å². The molecule has 7 heteroatoms. The van der Waals surface area contributed by atoms with E-state index in [1.165, 1.54) is 7.11 Å². The van der Waals surface area contributed by atoms with E-state index in [-0.39, 0.29) is 18.2 Å². The van der Waals surface area contributed by atoms with E-state index >= 15 is 0 Å². The van der Waals surface area contributed by atoms with Gasteiger partial charge in [0.2, 0.25) is 0 Å². The molecule has 1 aromatic rings. The number of esters is 1. The molecule has 1 fully saturated rings. The standard InChI is InChI=1S/C12H12O3.C7H12O4/c13-10-7-6-9(12(14)15)11(10)8-4-2-1-3-5-8;1-5(7(9)10)3-4-6(8)11-2/h1-5,9,11H,6-7H2,(H,14,15);5H,3-4H2,1-2H3,(H,9,10)/t;5-/m.1/s1. The Kier molecular flexibility index (Phi) is 8.48. The van der Waals surface area contributed by atoms with Crippen molar-refractivity contribution < 1.29 is 34.1 Å². The lowest BCUT2D eigenvalue weighted by molar-refractivity contribution is -0.144. The summed E-state index contributed by atoms with van der Waals surface area (Å²) in [7, 11) is 1.29. The minimum Gasteiger partial charge on any atom is -0.481 e. The SMILES string of the molecule is COC(=O)CC[C@@H](C)C(=O)O.O=C(O)C1CCC(=O)C1c1ccccc1. The topological polar surface area (TPSA) is 118 Å². The van der Waals surface area contributed by atoms with Gasteiger partial charge in [-0.05, 0) is 18.4 Å². The lowest BCUT2D eigenvalue weighted by Crippen LogP contribution is -2.20. The van der Waals surface area contributed by atoms with E-state index in [9.17, 15) is 19.2 Å². The normalized spacial score (nSPS) is 19.8. The Morgan fingerprint density at radius 3 is 2.31 bits per heavy atom. The van der Waals surface area contributed by atoms with Crippen molar-refractivity contribution >= 4 is 23.7 Å². The third-order valence-corrected chi connectivity index (χ3v) is 4.36. The molecule has 1 aliphatic rings. The maximum Gasteiger partial charge on any atom is 0.307 e. The summed E-state index contributed by atoms with van der Waals surface area (Å²) < 4.78 is 4.35. The van der Waals surface area contributed by atoms with Crippen molar-refractivity contribution in [1.29, 1.82) is 0 Å². The summed E-state index contributed by atoms with van der Waals surface area (Å²) >= 11 is 0. The van der Waals surface area contributed by atoms with Crippen molar-refractivity contribution in [2.24, 2.45) is 11.8 Å². The first-order chi connectivity index (χ1) is 12.3. The zero-order chi connectivity index (χ0) is 19.7. The Morgan fingerprint density at radius 2 is 1.81 bits per heavy atom. The fourth-order valence-corrected chi connectivity index (χ4v) is 2.75. The van der Waals surface area contributed by atoms with Crippen molar-refractivity contribution in [1.82, 2.24) is 0 Å². The number of ketones is 1. The highest BCUT2D eigenvalue weighted by Crippen LogP contribution is 2.36. The summed E-state index contributed by atoms with van der Waals surface area (Å²) in [5.74, 6) is -3.52. The number of ether oxygens (including phenoxy) is 1. The fraction of sp³-hybridized carbons (Fsp3) is 0.474. The van der Waals surface area contributed by atoms with E-state index in [4.69, 9.17) is 10.2 Å². The molecule has 0 spiro atoms. The predicted molar refractivity (Wildman–Crippen MR) is 92.6 cm³/mol. The summed E-state index contributed by atoms with van der Waals surface area (Å²) in [6.07, 6.45) is 1.36. The molecule has 0 aromatic heterocycles. The number of aliphatic carboxylic acids is 2. The number of carbonyl (C=O) groups is 4. The van der Waals surface area contributed by atoms with Crippen molar-refractivity contribution in [2.75, 3.05) is 7.11 Å². The number of carboxylic acids is 2. The van der Waals surface area contributed by atoms with Gasteiger partial charge in [-0.2, -0.15) is 0 Å². The summed E-state index contributed by atoms with van der Waals surface area (Å²) in [5, 5.41) is 17.4. The Hall–Kier alpha value is -2.70. The first-order valence-corrected chi connectivity index (χ1v) is 8.38. The largest absolute Gasteiger partial charge is 0.481 e. The van der Waals surface area contributed by atoms with Crippen LogP contribution in [0.5, 0.6) is 0 Å². The minimum absolute atomic E-state index is 0.0496. The second-order valence-electron chi connectivity index (χ2n) is 6.19. The number of Topliss-reactive ketones (excluding diaryl/α,β-unsaturated/α-hetero) is 1. The second-order valence-corrected chi connectivity index (χ2v) is 6.19. The number of hydrogen-bond donors (Lipinski definition) is 2. The molecule has 0 bridgehead atoms. The molecule has 0 aliphatic heterocycles. The van der Waals surface area contributed by atoms with Crippen LogP contribution in [0.3, 0.4) is 0 Å². The van der Waals surface area contributed by atoms with Gasteiger partial charge in [0.15, 0.2) is 0 Å². The zero-order valence-electron chi connectivity index (χ0n) is 14.9. The number of carbonyl (C=O) groups excluding carboxylic acids is 2. The van der Waals surface area contributed by atoms with E-state index in [0.29, 0.717) is 19.3 Å². The molecule has 3 atom stereocenters. The Labute approximate surface area is 152 Å². The van der Waals surface area contributed by atoms with Gasteiger partial charge in [-0.25, -0.2) is 0 Å². The molecule has 2 N–H and O–H groups in total. The monoisotopic (exact) mass is 364 g/mol. The first kappa shape index (κ1) is 21.3. The van der Waals surface area contributed by atoms with E-state index in [2.05, 4.69) is 4.74 Å². The Morgan fingerprint density at radius 1 is 1.19 bits per heavy atom. The molecule has 1 aliphatic carbocycles. The van der Waals surface area contributed by atoms with Crippen LogP contribution in [0.1, 0.15) is 44.1 Å². The van der Waals surface area contributed by atoms with Crippen molar-refractivity contribution in [3.63, 3.8) is 0 Å². The summed E-state index contributed by atoms with van der Waals surface area (Å²) in [6.45, 7) is 1.56. The Balaban J connectivity index is 0.000000276. The Bertz CT molecular complexity index is 639. The molecule has 0 radical (unpaired) electrons. The lowest BCUT2D eigenvalue weighted by Gasteiger charge is -2.14. The minimum atomic E-state index is -0.881. The smallest absolute Gasteiger partial charge is 0.307 e. The summed E-state index contributed by atoms with van der Waals surface area (Å²) in [5.41, 5.74) is 0.826. The van der Waals surface area contributed by atoms with Crippen molar-refractivity contribution in [3.8, 4) is 0 Å². The van der Waals surface area contributed by atoms with Crippen molar-refractivity contribution in [3.05, 3.63) is 35.9 Å². The number of carboxylic acid groups (broad SMARTS) is 2. The lowest BCUT2D eigenvalue weighted by atomic mass is 9.88. The molecule has 1 saturated carbocycles. The van der Waals surface area contributed by atoms with Gasteiger partial charge in [0.05, 0.1) is 24.9 Å². The molecule has 2 unspecified atom stereocenters. The van der Waals surface area contributed by atoms with E-state index in [1.54, 1.807) is 6.92 Å².